The highest BCUT2D eigenvalue weighted by Gasteiger charge is 2.04. The molecule has 3 heteroatoms. The molecule has 0 aromatic heterocycles. The Morgan fingerprint density at radius 2 is 1.38 bits per heavy atom. The van der Waals surface area contributed by atoms with Gasteiger partial charge in [0, 0.05) is 16.7 Å². The van der Waals surface area contributed by atoms with Gasteiger partial charge in [-0.15, -0.1) is 0 Å². The second kappa shape index (κ2) is 8.81. The molecule has 0 aliphatic rings. The van der Waals surface area contributed by atoms with Gasteiger partial charge >= 0.3 is 0 Å². The van der Waals surface area contributed by atoms with E-state index >= 15 is 0 Å². The lowest BCUT2D eigenvalue weighted by Gasteiger charge is -2.05. The van der Waals surface area contributed by atoms with Crippen molar-refractivity contribution in [2.24, 2.45) is 0 Å². The Balaban J connectivity index is 1.89. The third kappa shape index (κ3) is 4.95. The third-order valence-corrected chi connectivity index (χ3v) is 4.64. The summed E-state index contributed by atoms with van der Waals surface area (Å²) in [6, 6.07) is 13.9. The van der Waals surface area contributed by atoms with Crippen LogP contribution in [0.1, 0.15) is 38.9 Å². The summed E-state index contributed by atoms with van der Waals surface area (Å²) in [6.45, 7) is 7.56. The summed E-state index contributed by atoms with van der Waals surface area (Å²) in [4.78, 5) is 0. The Labute approximate surface area is 172 Å². The van der Waals surface area contributed by atoms with Gasteiger partial charge in [-0.1, -0.05) is 48.1 Å². The number of rotatable bonds is 1. The molecule has 0 aliphatic heterocycles. The van der Waals surface area contributed by atoms with Crippen LogP contribution in [0, 0.1) is 56.1 Å². The standard InChI is InChI=1S/C26H20BF2/c1-17-5-9-22(25(28)13-17)10-11-23-18(2)14-21(15-19(23)3)7-6-20-8-12-24(27-4)26(29)16-20/h5,8-9,12-16H,1-4H3. The summed E-state index contributed by atoms with van der Waals surface area (Å²) < 4.78 is 27.9. The lowest BCUT2D eigenvalue weighted by Crippen LogP contribution is -2.15. The Kier molecular flexibility index (Phi) is 6.21. The molecule has 0 fully saturated rings. The van der Waals surface area contributed by atoms with Crippen LogP contribution in [-0.4, -0.2) is 7.28 Å². The van der Waals surface area contributed by atoms with E-state index in [4.69, 9.17) is 0 Å². The first-order chi connectivity index (χ1) is 13.9. The first-order valence-corrected chi connectivity index (χ1v) is 9.37. The minimum Gasteiger partial charge on any atom is -0.208 e. The molecule has 0 N–H and O–H groups in total. The predicted molar refractivity (Wildman–Crippen MR) is 117 cm³/mol. The largest absolute Gasteiger partial charge is 0.208 e. The average molecular weight is 381 g/mol. The molecule has 141 valence electrons. The highest BCUT2D eigenvalue weighted by molar-refractivity contribution is 6.52. The Bertz CT molecular complexity index is 1180. The zero-order chi connectivity index (χ0) is 21.0. The van der Waals surface area contributed by atoms with Crippen LogP contribution in [0.2, 0.25) is 6.82 Å². The van der Waals surface area contributed by atoms with Gasteiger partial charge in [0.2, 0.25) is 0 Å². The van der Waals surface area contributed by atoms with E-state index in [1.807, 2.05) is 39.0 Å². The number of benzene rings is 3. The summed E-state index contributed by atoms with van der Waals surface area (Å²) in [5, 5.41) is 0. The van der Waals surface area contributed by atoms with Crippen molar-refractivity contribution in [3.8, 4) is 23.7 Å². The summed E-state index contributed by atoms with van der Waals surface area (Å²) in [5.41, 5.74) is 6.08. The fourth-order valence-electron chi connectivity index (χ4n) is 3.07. The molecule has 0 bridgehead atoms. The van der Waals surface area contributed by atoms with Gasteiger partial charge < -0.3 is 0 Å². The van der Waals surface area contributed by atoms with Crippen LogP contribution >= 0.6 is 0 Å². The lowest BCUT2D eigenvalue weighted by atomic mass is 9.73. The molecule has 0 saturated heterocycles. The van der Waals surface area contributed by atoms with E-state index < -0.39 is 0 Å². The molecule has 0 spiro atoms. The van der Waals surface area contributed by atoms with Crippen LogP contribution in [0.15, 0.2) is 48.5 Å². The molecule has 0 atom stereocenters. The van der Waals surface area contributed by atoms with Gasteiger partial charge in [-0.2, -0.15) is 0 Å². The lowest BCUT2D eigenvalue weighted by molar-refractivity contribution is 0.623. The first kappa shape index (κ1) is 20.4. The highest BCUT2D eigenvalue weighted by atomic mass is 19.1. The fraction of sp³-hybridized carbons (Fsp3) is 0.154. The molecule has 0 unspecified atom stereocenters. The van der Waals surface area contributed by atoms with Crippen molar-refractivity contribution in [1.29, 1.82) is 0 Å². The normalized spacial score (nSPS) is 9.86. The van der Waals surface area contributed by atoms with Crippen LogP contribution in [-0.2, 0) is 0 Å². The molecule has 0 saturated carbocycles. The summed E-state index contributed by atoms with van der Waals surface area (Å²) in [6.07, 6.45) is 0. The maximum absolute atomic E-state index is 14.0. The number of hydrogen-bond acceptors (Lipinski definition) is 0. The second-order valence-electron chi connectivity index (χ2n) is 6.99. The molecule has 3 rings (SSSR count). The Morgan fingerprint density at radius 1 is 0.690 bits per heavy atom. The van der Waals surface area contributed by atoms with Crippen molar-refractivity contribution in [1.82, 2.24) is 0 Å². The van der Waals surface area contributed by atoms with Crippen LogP contribution in [0.25, 0.3) is 0 Å². The monoisotopic (exact) mass is 381 g/mol. The molecule has 0 amide bonds. The van der Waals surface area contributed by atoms with E-state index in [1.165, 1.54) is 12.1 Å². The zero-order valence-corrected chi connectivity index (χ0v) is 17.0. The van der Waals surface area contributed by atoms with Crippen molar-refractivity contribution < 1.29 is 8.78 Å². The van der Waals surface area contributed by atoms with Gasteiger partial charge in [0.25, 0.3) is 0 Å². The number of hydrogen-bond donors (Lipinski definition) is 0. The minimum atomic E-state index is -0.311. The average Bonchev–Trinajstić information content (AvgIpc) is 2.67. The van der Waals surface area contributed by atoms with E-state index in [-0.39, 0.29) is 11.6 Å². The van der Waals surface area contributed by atoms with Gasteiger partial charge in [-0.05, 0) is 73.9 Å². The Hall–Kier alpha value is -3.30. The molecule has 29 heavy (non-hydrogen) atoms. The minimum absolute atomic E-state index is 0.277. The molecular weight excluding hydrogens is 361 g/mol. The van der Waals surface area contributed by atoms with Crippen molar-refractivity contribution >= 4 is 12.7 Å². The van der Waals surface area contributed by atoms with E-state index in [0.29, 0.717) is 16.6 Å². The SMILES string of the molecule is C[B]c1ccc(C#Cc2cc(C)c(C#Cc3ccc(C)cc3F)c(C)c2)cc1F. The van der Waals surface area contributed by atoms with Crippen LogP contribution in [0.5, 0.6) is 0 Å². The van der Waals surface area contributed by atoms with E-state index in [0.717, 1.165) is 27.8 Å². The smallest absolute Gasteiger partial charge is 0.152 e. The maximum Gasteiger partial charge on any atom is 0.152 e. The van der Waals surface area contributed by atoms with Gasteiger partial charge in [-0.3, -0.25) is 0 Å². The van der Waals surface area contributed by atoms with Crippen molar-refractivity contribution in [3.05, 3.63) is 99.1 Å². The topological polar surface area (TPSA) is 0 Å². The van der Waals surface area contributed by atoms with Crippen LogP contribution < -0.4 is 5.46 Å². The first-order valence-electron chi connectivity index (χ1n) is 9.37. The molecule has 0 aliphatic carbocycles. The predicted octanol–water partition coefficient (Wildman–Crippen LogP) is 5.07. The summed E-state index contributed by atoms with van der Waals surface area (Å²) >= 11 is 0. The summed E-state index contributed by atoms with van der Waals surface area (Å²) in [5.74, 6) is 11.5. The third-order valence-electron chi connectivity index (χ3n) is 4.64. The van der Waals surface area contributed by atoms with Crippen molar-refractivity contribution in [2.45, 2.75) is 27.6 Å². The fourth-order valence-corrected chi connectivity index (χ4v) is 3.07. The quantitative estimate of drug-likeness (QED) is 0.408. The van der Waals surface area contributed by atoms with Gasteiger partial charge in [-0.25, -0.2) is 8.78 Å². The van der Waals surface area contributed by atoms with Crippen molar-refractivity contribution in [2.75, 3.05) is 0 Å². The van der Waals surface area contributed by atoms with Crippen LogP contribution in [0.3, 0.4) is 0 Å². The van der Waals surface area contributed by atoms with E-state index in [2.05, 4.69) is 23.7 Å². The van der Waals surface area contributed by atoms with E-state index in [9.17, 15) is 8.78 Å². The maximum atomic E-state index is 14.0. The molecule has 3 aromatic rings. The zero-order valence-electron chi connectivity index (χ0n) is 17.0. The van der Waals surface area contributed by atoms with E-state index in [1.54, 1.807) is 32.3 Å². The molecule has 3 aromatic carbocycles. The number of aryl methyl sites for hydroxylation is 3. The molecule has 0 heterocycles. The summed E-state index contributed by atoms with van der Waals surface area (Å²) in [7, 11) is 1.72. The number of halogens is 2. The van der Waals surface area contributed by atoms with Gasteiger partial charge in [0.15, 0.2) is 7.28 Å². The molecule has 0 nitrogen and oxygen atoms in total. The Morgan fingerprint density at radius 3 is 2.00 bits per heavy atom. The van der Waals surface area contributed by atoms with Crippen molar-refractivity contribution in [3.63, 3.8) is 0 Å². The van der Waals surface area contributed by atoms with Crippen LogP contribution in [0.4, 0.5) is 8.78 Å². The molecular formula is C26H20BF2. The highest BCUT2D eigenvalue weighted by Crippen LogP contribution is 2.16. The van der Waals surface area contributed by atoms with Gasteiger partial charge in [0.05, 0.1) is 5.56 Å². The molecule has 1 radical (unpaired) electrons. The van der Waals surface area contributed by atoms with Gasteiger partial charge in [0.1, 0.15) is 11.6 Å². The second-order valence-corrected chi connectivity index (χ2v) is 6.99.